The van der Waals surface area contributed by atoms with Gasteiger partial charge in [0.25, 0.3) is 0 Å². The van der Waals surface area contributed by atoms with Crippen LogP contribution in [-0.4, -0.2) is 51.3 Å². The van der Waals surface area contributed by atoms with Crippen LogP contribution in [0.3, 0.4) is 0 Å². The van der Waals surface area contributed by atoms with Crippen LogP contribution >= 0.6 is 24.0 Å². The van der Waals surface area contributed by atoms with E-state index in [-0.39, 0.29) is 35.9 Å². The van der Waals surface area contributed by atoms with E-state index in [1.807, 2.05) is 39.0 Å². The van der Waals surface area contributed by atoms with Gasteiger partial charge in [-0.3, -0.25) is 4.79 Å². The molecule has 3 N–H and O–H groups in total. The third kappa shape index (κ3) is 11.9. The average molecular weight is 520 g/mol. The van der Waals surface area contributed by atoms with Crippen LogP contribution < -0.4 is 20.7 Å². The van der Waals surface area contributed by atoms with E-state index in [1.165, 1.54) is 0 Å². The van der Waals surface area contributed by atoms with E-state index in [9.17, 15) is 4.79 Å². The molecule has 0 aliphatic carbocycles. The molecule has 1 aromatic rings. The van der Waals surface area contributed by atoms with Gasteiger partial charge in [0.05, 0.1) is 13.2 Å². The quantitative estimate of drug-likeness (QED) is 0.171. The molecular formula is C21H37IN4O3. The summed E-state index contributed by atoms with van der Waals surface area (Å²) in [4.78, 5) is 16.5. The molecule has 1 unspecified atom stereocenters. The minimum Gasteiger partial charge on any atom is -0.491 e. The molecule has 1 atom stereocenters. The second-order valence-electron chi connectivity index (χ2n) is 6.70. The first kappa shape index (κ1) is 27.5. The number of carbonyl (C=O) groups excluding carboxylic acids is 1. The van der Waals surface area contributed by atoms with E-state index in [0.717, 1.165) is 29.8 Å². The molecule has 1 amide bonds. The standard InChI is InChI=1S/C21H36N4O3.HI/c1-6-17(4)25-20(26)10-11-23-21(22-7-2)24-15-18-9-8-16(3)14-19(18)28-13-12-27-5;/h8-9,14,17H,6-7,10-13,15H2,1-5H3,(H,25,26)(H2,22,23,24);1H. The third-order valence-electron chi connectivity index (χ3n) is 4.18. The molecule has 0 saturated heterocycles. The lowest BCUT2D eigenvalue weighted by atomic mass is 10.1. The van der Waals surface area contributed by atoms with E-state index >= 15 is 0 Å². The molecule has 166 valence electrons. The van der Waals surface area contributed by atoms with Crippen molar-refractivity contribution in [1.82, 2.24) is 16.0 Å². The van der Waals surface area contributed by atoms with Gasteiger partial charge in [-0.2, -0.15) is 0 Å². The van der Waals surface area contributed by atoms with Crippen LogP contribution in [0.1, 0.15) is 44.7 Å². The molecule has 1 aromatic carbocycles. The van der Waals surface area contributed by atoms with Crippen molar-refractivity contribution in [2.45, 2.75) is 53.1 Å². The Morgan fingerprint density at radius 1 is 1.21 bits per heavy atom. The normalized spacial score (nSPS) is 12.0. The molecule has 0 radical (unpaired) electrons. The van der Waals surface area contributed by atoms with Crippen LogP contribution in [0.25, 0.3) is 0 Å². The fraction of sp³-hybridized carbons (Fsp3) is 0.619. The van der Waals surface area contributed by atoms with Crippen molar-refractivity contribution in [2.75, 3.05) is 33.4 Å². The summed E-state index contributed by atoms with van der Waals surface area (Å²) in [6, 6.07) is 6.30. The predicted octanol–water partition coefficient (Wildman–Crippen LogP) is 3.00. The number of amides is 1. The van der Waals surface area contributed by atoms with Crippen molar-refractivity contribution < 1.29 is 14.3 Å². The van der Waals surface area contributed by atoms with Gasteiger partial charge in [-0.25, -0.2) is 4.99 Å². The van der Waals surface area contributed by atoms with Gasteiger partial charge in [0.2, 0.25) is 5.91 Å². The molecule has 7 nitrogen and oxygen atoms in total. The maximum atomic E-state index is 11.9. The van der Waals surface area contributed by atoms with Crippen LogP contribution in [0, 0.1) is 6.92 Å². The number of nitrogens with zero attached hydrogens (tertiary/aromatic N) is 1. The first-order chi connectivity index (χ1) is 13.5. The Balaban J connectivity index is 0.00000784. The maximum Gasteiger partial charge on any atom is 0.221 e. The van der Waals surface area contributed by atoms with E-state index in [0.29, 0.717) is 38.7 Å². The van der Waals surface area contributed by atoms with Crippen LogP contribution in [0.5, 0.6) is 5.75 Å². The third-order valence-corrected chi connectivity index (χ3v) is 4.18. The van der Waals surface area contributed by atoms with Gasteiger partial charge in [0, 0.05) is 38.2 Å². The highest BCUT2D eigenvalue weighted by molar-refractivity contribution is 14.0. The molecule has 0 aromatic heterocycles. The summed E-state index contributed by atoms with van der Waals surface area (Å²) in [5.41, 5.74) is 2.14. The van der Waals surface area contributed by atoms with Crippen molar-refractivity contribution in [2.24, 2.45) is 4.99 Å². The summed E-state index contributed by atoms with van der Waals surface area (Å²) >= 11 is 0. The van der Waals surface area contributed by atoms with Crippen molar-refractivity contribution in [3.05, 3.63) is 29.3 Å². The topological polar surface area (TPSA) is 84.0 Å². The lowest BCUT2D eigenvalue weighted by molar-refractivity contribution is -0.121. The number of aryl methyl sites for hydroxylation is 1. The zero-order chi connectivity index (χ0) is 20.8. The highest BCUT2D eigenvalue weighted by Crippen LogP contribution is 2.21. The Morgan fingerprint density at radius 2 is 1.97 bits per heavy atom. The highest BCUT2D eigenvalue weighted by Gasteiger charge is 2.07. The number of guanidine groups is 1. The molecule has 1 rings (SSSR count). The Bertz CT molecular complexity index is 626. The Labute approximate surface area is 192 Å². The minimum absolute atomic E-state index is 0. The summed E-state index contributed by atoms with van der Waals surface area (Å²) in [6.07, 6.45) is 1.33. The van der Waals surface area contributed by atoms with Gasteiger partial charge in [-0.05, 0) is 38.8 Å². The van der Waals surface area contributed by atoms with Crippen molar-refractivity contribution in [3.8, 4) is 5.75 Å². The van der Waals surface area contributed by atoms with Crippen molar-refractivity contribution >= 4 is 35.8 Å². The monoisotopic (exact) mass is 520 g/mol. The largest absolute Gasteiger partial charge is 0.491 e. The summed E-state index contributed by atoms with van der Waals surface area (Å²) in [5, 5.41) is 9.39. The van der Waals surface area contributed by atoms with E-state index < -0.39 is 0 Å². The molecule has 8 heteroatoms. The molecule has 0 aliphatic heterocycles. The van der Waals surface area contributed by atoms with Gasteiger partial charge in [-0.1, -0.05) is 19.1 Å². The molecule has 0 saturated carbocycles. The fourth-order valence-electron chi connectivity index (χ4n) is 2.41. The number of hydrogen-bond acceptors (Lipinski definition) is 4. The summed E-state index contributed by atoms with van der Waals surface area (Å²) in [5.74, 6) is 1.55. The smallest absolute Gasteiger partial charge is 0.221 e. The van der Waals surface area contributed by atoms with Gasteiger partial charge in [0.1, 0.15) is 12.4 Å². The van der Waals surface area contributed by atoms with Crippen molar-refractivity contribution in [1.29, 1.82) is 0 Å². The van der Waals surface area contributed by atoms with Gasteiger partial charge in [-0.15, -0.1) is 24.0 Å². The molecule has 29 heavy (non-hydrogen) atoms. The summed E-state index contributed by atoms with van der Waals surface area (Å²) < 4.78 is 10.9. The van der Waals surface area contributed by atoms with E-state index in [1.54, 1.807) is 7.11 Å². The predicted molar refractivity (Wildman–Crippen MR) is 129 cm³/mol. The second-order valence-corrected chi connectivity index (χ2v) is 6.70. The van der Waals surface area contributed by atoms with Crippen molar-refractivity contribution in [3.63, 3.8) is 0 Å². The first-order valence-corrected chi connectivity index (χ1v) is 10.0. The highest BCUT2D eigenvalue weighted by atomic mass is 127. The number of halogens is 1. The molecule has 0 fully saturated rings. The van der Waals surface area contributed by atoms with Gasteiger partial charge < -0.3 is 25.4 Å². The number of rotatable bonds is 12. The number of benzene rings is 1. The Kier molecular flexibility index (Phi) is 15.4. The number of methoxy groups -OCH3 is 1. The minimum atomic E-state index is 0. The second kappa shape index (κ2) is 16.3. The SMILES string of the molecule is CCNC(=NCc1ccc(C)cc1OCCOC)NCCC(=O)NC(C)CC.I. The summed E-state index contributed by atoms with van der Waals surface area (Å²) in [6.45, 7) is 10.9. The lowest BCUT2D eigenvalue weighted by Crippen LogP contribution is -2.40. The van der Waals surface area contributed by atoms with E-state index in [4.69, 9.17) is 9.47 Å². The number of aliphatic imine (C=N–C) groups is 1. The van der Waals surface area contributed by atoms with Crippen LogP contribution in [0.15, 0.2) is 23.2 Å². The van der Waals surface area contributed by atoms with Crippen LogP contribution in [-0.2, 0) is 16.1 Å². The number of ether oxygens (including phenoxy) is 2. The van der Waals surface area contributed by atoms with Crippen LogP contribution in [0.4, 0.5) is 0 Å². The zero-order valence-electron chi connectivity index (χ0n) is 18.3. The number of carbonyl (C=O) groups is 1. The average Bonchev–Trinajstić information content (AvgIpc) is 2.67. The molecular weight excluding hydrogens is 483 g/mol. The molecule has 0 spiro atoms. The molecule has 0 bridgehead atoms. The lowest BCUT2D eigenvalue weighted by Gasteiger charge is -2.14. The van der Waals surface area contributed by atoms with Gasteiger partial charge in [0.15, 0.2) is 5.96 Å². The molecule has 0 aliphatic rings. The maximum absolute atomic E-state index is 11.9. The Morgan fingerprint density at radius 3 is 2.62 bits per heavy atom. The van der Waals surface area contributed by atoms with Gasteiger partial charge >= 0.3 is 0 Å². The first-order valence-electron chi connectivity index (χ1n) is 10.0. The zero-order valence-corrected chi connectivity index (χ0v) is 20.7. The molecule has 0 heterocycles. The Hall–Kier alpha value is -1.55. The number of hydrogen-bond donors (Lipinski definition) is 3. The fourth-order valence-corrected chi connectivity index (χ4v) is 2.41. The summed E-state index contributed by atoms with van der Waals surface area (Å²) in [7, 11) is 1.66. The van der Waals surface area contributed by atoms with E-state index in [2.05, 4.69) is 27.9 Å². The van der Waals surface area contributed by atoms with Crippen LogP contribution in [0.2, 0.25) is 0 Å². The number of nitrogens with one attached hydrogen (secondary N) is 3.